The second-order valence-corrected chi connectivity index (χ2v) is 19.6. The van der Waals surface area contributed by atoms with Gasteiger partial charge in [0.25, 0.3) is 5.69 Å². The van der Waals surface area contributed by atoms with Crippen molar-refractivity contribution >= 4 is 35.3 Å². The van der Waals surface area contributed by atoms with Gasteiger partial charge in [-0.1, -0.05) is 128 Å². The van der Waals surface area contributed by atoms with E-state index in [4.69, 9.17) is 14.2 Å². The number of imide groups is 1. The second-order valence-electron chi connectivity index (χ2n) is 19.6. The number of rotatable bonds is 13. The maximum absolute atomic E-state index is 16.7. The van der Waals surface area contributed by atoms with E-state index < -0.39 is 82.7 Å². The molecular weight excluding hydrogens is 969 g/mol. The number of aliphatic hydroxyl groups is 3. The molecule has 4 aliphatic rings. The molecule has 0 aromatic heterocycles. The lowest BCUT2D eigenvalue weighted by Gasteiger charge is -2.46. The average Bonchev–Trinajstić information content (AvgIpc) is 4.02. The van der Waals surface area contributed by atoms with Crippen LogP contribution < -0.4 is 15.0 Å². The van der Waals surface area contributed by atoms with Gasteiger partial charge in [-0.15, -0.1) is 0 Å². The molecule has 4 N–H and O–H groups in total. The molecular formula is C60H56N4O12. The smallest absolute Gasteiger partial charge is 0.421 e. The van der Waals surface area contributed by atoms with Gasteiger partial charge >= 0.3 is 12.1 Å². The molecule has 0 bridgehead atoms. The highest BCUT2D eigenvalue weighted by atomic mass is 16.6. The molecule has 1 spiro atoms. The first-order valence-corrected chi connectivity index (χ1v) is 25.5. The number of esters is 1. The van der Waals surface area contributed by atoms with Crippen LogP contribution in [0.1, 0.15) is 102 Å². The van der Waals surface area contributed by atoms with E-state index in [1.165, 1.54) is 24.3 Å². The van der Waals surface area contributed by atoms with Crippen LogP contribution in [0.15, 0.2) is 158 Å². The number of cyclic esters (lactones) is 1. The normalized spacial score (nSPS) is 23.0. The number of hydrogen-bond donors (Lipinski definition) is 4. The van der Waals surface area contributed by atoms with E-state index >= 15 is 14.4 Å². The Morgan fingerprint density at radius 3 is 2.09 bits per heavy atom. The first-order chi connectivity index (χ1) is 36.9. The fourth-order valence-corrected chi connectivity index (χ4v) is 11.5. The molecule has 3 aliphatic heterocycles. The zero-order chi connectivity index (χ0) is 53.0. The zero-order valence-electron chi connectivity index (χ0n) is 41.4. The van der Waals surface area contributed by atoms with Gasteiger partial charge in [0.15, 0.2) is 0 Å². The highest BCUT2D eigenvalue weighted by Gasteiger charge is 2.75. The van der Waals surface area contributed by atoms with Crippen LogP contribution in [0.25, 0.3) is 0 Å². The predicted octanol–water partition coefficient (Wildman–Crippen LogP) is 8.25. The van der Waals surface area contributed by atoms with Crippen molar-refractivity contribution in [1.29, 1.82) is 0 Å². The summed E-state index contributed by atoms with van der Waals surface area (Å²) in [5.74, 6) is 2.45. The number of carbonyl (C=O) groups is 4. The first kappa shape index (κ1) is 51.3. The van der Waals surface area contributed by atoms with Gasteiger partial charge in [0.1, 0.15) is 42.1 Å². The highest BCUT2D eigenvalue weighted by molar-refractivity contribution is 6.23. The quantitative estimate of drug-likeness (QED) is 0.0282. The standard InChI is InChI=1S/C60H56N4O12/c65-34-35-74-46-27-23-44(24-28-46)54-60(47-36-39(30-33-59(71)31-12-1-2-13-32-59)22-29-48(47)62(57(60)69)58(70)75-38-40-20-25-45(26-21-40)64(72)73)50(55(67)61-37-49(66)41-14-6-3-7-15-41)52-56(68)76-53(43-18-10-5-11-19-43)51(63(52)54)42-16-8-4-9-17-42/h3-11,14-29,36,49-54,65-66,71H,1-2,12-13,31-32,34-35,37-38H2,(H,61,67)/t49-,50+,51+,52+,53-,54-,60+/m0/s1. The van der Waals surface area contributed by atoms with Crippen LogP contribution in [0.2, 0.25) is 0 Å². The molecule has 0 radical (unpaired) electrons. The molecule has 3 heterocycles. The molecule has 16 nitrogen and oxygen atoms in total. The molecule has 6 aromatic carbocycles. The largest absolute Gasteiger partial charge is 0.491 e. The summed E-state index contributed by atoms with van der Waals surface area (Å²) < 4.78 is 18.3. The molecule has 3 fully saturated rings. The van der Waals surface area contributed by atoms with Gasteiger partial charge in [0, 0.05) is 24.2 Å². The fourth-order valence-electron chi connectivity index (χ4n) is 11.5. The van der Waals surface area contributed by atoms with E-state index in [1.54, 1.807) is 72.8 Å². The first-order valence-electron chi connectivity index (χ1n) is 25.5. The third-order valence-electron chi connectivity index (χ3n) is 15.0. The topological polar surface area (TPSA) is 218 Å². The van der Waals surface area contributed by atoms with Gasteiger partial charge in [0.05, 0.1) is 41.3 Å². The molecule has 3 amide bonds. The van der Waals surface area contributed by atoms with E-state index in [1.807, 2.05) is 65.6 Å². The van der Waals surface area contributed by atoms with E-state index in [0.29, 0.717) is 52.0 Å². The third-order valence-corrected chi connectivity index (χ3v) is 15.0. The van der Waals surface area contributed by atoms with Crippen molar-refractivity contribution in [3.8, 4) is 17.6 Å². The Kier molecular flexibility index (Phi) is 14.8. The molecule has 6 aromatic rings. The lowest BCUT2D eigenvalue weighted by Crippen LogP contribution is -2.56. The Labute approximate surface area is 439 Å². The van der Waals surface area contributed by atoms with Gasteiger partial charge < -0.3 is 34.8 Å². The van der Waals surface area contributed by atoms with Crippen molar-refractivity contribution in [3.05, 3.63) is 207 Å². The van der Waals surface area contributed by atoms with Crippen molar-refractivity contribution in [2.45, 2.75) is 86.5 Å². The number of benzene rings is 6. The monoisotopic (exact) mass is 1020 g/mol. The van der Waals surface area contributed by atoms with Gasteiger partial charge in [0.2, 0.25) is 11.8 Å². The van der Waals surface area contributed by atoms with Crippen LogP contribution in [0, 0.1) is 27.9 Å². The number of nitrogens with zero attached hydrogens (tertiary/aromatic N) is 3. The summed E-state index contributed by atoms with van der Waals surface area (Å²) in [5.41, 5.74) is -0.504. The van der Waals surface area contributed by atoms with Crippen molar-refractivity contribution in [2.24, 2.45) is 5.92 Å². The van der Waals surface area contributed by atoms with Gasteiger partial charge in [-0.3, -0.25) is 29.4 Å². The number of non-ortho nitro benzene ring substituents is 1. The van der Waals surface area contributed by atoms with Crippen LogP contribution in [0.4, 0.5) is 16.2 Å². The number of amides is 3. The van der Waals surface area contributed by atoms with Crippen LogP contribution in [-0.4, -0.2) is 80.4 Å². The lowest BCUT2D eigenvalue weighted by atomic mass is 9.65. The number of carbonyl (C=O) groups excluding carboxylic acids is 4. The molecule has 1 aliphatic carbocycles. The minimum absolute atomic E-state index is 0.0135. The molecule has 1 saturated carbocycles. The number of anilines is 1. The minimum atomic E-state index is -2.21. The summed E-state index contributed by atoms with van der Waals surface area (Å²) in [4.78, 5) is 76.7. The van der Waals surface area contributed by atoms with Crippen molar-refractivity contribution in [2.75, 3.05) is 24.7 Å². The van der Waals surface area contributed by atoms with Crippen LogP contribution >= 0.6 is 0 Å². The van der Waals surface area contributed by atoms with E-state index in [9.17, 15) is 30.2 Å². The Morgan fingerprint density at radius 2 is 1.45 bits per heavy atom. The molecule has 0 unspecified atom stereocenters. The van der Waals surface area contributed by atoms with E-state index in [0.717, 1.165) is 30.6 Å². The Morgan fingerprint density at radius 1 is 0.803 bits per heavy atom. The number of fused-ring (bicyclic) bond motifs is 3. The lowest BCUT2D eigenvalue weighted by molar-refractivity contribution is -0.384. The molecule has 388 valence electrons. The summed E-state index contributed by atoms with van der Waals surface area (Å²) in [6, 6.07) is 40.4. The number of aliphatic hydroxyl groups excluding tert-OH is 2. The summed E-state index contributed by atoms with van der Waals surface area (Å²) in [6.07, 6.45) is 1.05. The molecule has 2 saturated heterocycles. The number of morpholine rings is 1. The molecule has 16 heteroatoms. The highest BCUT2D eigenvalue weighted by Crippen LogP contribution is 2.66. The van der Waals surface area contributed by atoms with E-state index in [-0.39, 0.29) is 36.7 Å². The van der Waals surface area contributed by atoms with Crippen LogP contribution in [0.5, 0.6) is 5.75 Å². The Hall–Kier alpha value is -8.20. The fraction of sp³-hybridized carbons (Fsp3) is 0.300. The van der Waals surface area contributed by atoms with E-state index in [2.05, 4.69) is 17.2 Å². The molecule has 7 atom stereocenters. The van der Waals surface area contributed by atoms with Gasteiger partial charge in [-0.2, -0.15) is 0 Å². The number of ether oxygens (including phenoxy) is 3. The second kappa shape index (κ2) is 21.9. The Bertz CT molecular complexity index is 3160. The van der Waals surface area contributed by atoms with Gasteiger partial charge in [-0.05, 0) is 102 Å². The number of nitrogens with one attached hydrogen (secondary N) is 1. The summed E-state index contributed by atoms with van der Waals surface area (Å²) in [7, 11) is 0. The molecule has 10 rings (SSSR count). The predicted molar refractivity (Wildman–Crippen MR) is 278 cm³/mol. The Balaban J connectivity index is 1.22. The van der Waals surface area contributed by atoms with Crippen LogP contribution in [0.3, 0.4) is 0 Å². The maximum Gasteiger partial charge on any atom is 0.421 e. The van der Waals surface area contributed by atoms with Crippen molar-refractivity contribution < 1.29 is 53.6 Å². The number of hydrogen-bond acceptors (Lipinski definition) is 13. The zero-order valence-corrected chi connectivity index (χ0v) is 41.4. The van der Waals surface area contributed by atoms with Gasteiger partial charge in [-0.25, -0.2) is 9.69 Å². The number of nitro benzene ring substituents is 1. The SMILES string of the molecule is O=C1O[C@@H](c2ccccc2)[C@@H](c2ccccc2)N2[C@@H](c3ccc(OCCO)cc3)[C@]3(C(=O)N(C(=O)OCc4ccc([N+](=O)[O-])cc4)c4ccc(C#CC5(O)CCCCCC5)cc43)[C@@H](C(=O)NC[C@H](O)c3ccccc3)[C@H]12. The van der Waals surface area contributed by atoms with Crippen molar-refractivity contribution in [3.63, 3.8) is 0 Å². The molecule has 76 heavy (non-hydrogen) atoms. The van der Waals surface area contributed by atoms with Crippen LogP contribution in [-0.2, 0) is 35.9 Å². The summed E-state index contributed by atoms with van der Waals surface area (Å²) in [6.45, 7) is -1.01. The maximum atomic E-state index is 16.7. The summed E-state index contributed by atoms with van der Waals surface area (Å²) in [5, 5.41) is 47.4. The number of nitro groups is 1. The average molecular weight is 1030 g/mol. The minimum Gasteiger partial charge on any atom is -0.491 e. The summed E-state index contributed by atoms with van der Waals surface area (Å²) >= 11 is 0. The van der Waals surface area contributed by atoms with Crippen molar-refractivity contribution in [1.82, 2.24) is 10.2 Å². The third kappa shape index (κ3) is 9.81.